The Morgan fingerprint density at radius 2 is 1.42 bits per heavy atom. The molecule has 0 aliphatic carbocycles. The molecule has 148 valence electrons. The van der Waals surface area contributed by atoms with E-state index in [-0.39, 0.29) is 17.9 Å². The van der Waals surface area contributed by atoms with Crippen molar-refractivity contribution >= 4 is 17.9 Å². The first-order valence-corrected chi connectivity index (χ1v) is 9.13. The summed E-state index contributed by atoms with van der Waals surface area (Å²) in [4.78, 5) is 12.2. The van der Waals surface area contributed by atoms with Crippen molar-refractivity contribution in [1.29, 1.82) is 5.26 Å². The largest absolute Gasteiger partial charge is 0.370 e. The van der Waals surface area contributed by atoms with Crippen molar-refractivity contribution in [2.75, 3.05) is 26.2 Å². The Kier molecular flexibility index (Phi) is 15.6. The molecule has 10 heteroatoms. The number of nitrogens with two attached hydrogens (primary N) is 4. The van der Waals surface area contributed by atoms with Gasteiger partial charge in [0.1, 0.15) is 0 Å². The molecule has 0 aliphatic rings. The molecule has 0 bridgehead atoms. The minimum Gasteiger partial charge on any atom is -0.370 e. The summed E-state index contributed by atoms with van der Waals surface area (Å²) < 4.78 is 0. The first-order valence-electron chi connectivity index (χ1n) is 9.13. The van der Waals surface area contributed by atoms with E-state index in [4.69, 9.17) is 28.2 Å². The SMILES string of the molecule is N#CNC(N)=NCCCCCCNC(N)=NC(N)=NCCCCCCN. The van der Waals surface area contributed by atoms with Gasteiger partial charge in [-0.15, -0.1) is 0 Å². The van der Waals surface area contributed by atoms with Crippen LogP contribution < -0.4 is 33.6 Å². The molecule has 26 heavy (non-hydrogen) atoms. The van der Waals surface area contributed by atoms with Gasteiger partial charge >= 0.3 is 0 Å². The van der Waals surface area contributed by atoms with Crippen LogP contribution in [0.3, 0.4) is 0 Å². The summed E-state index contributed by atoms with van der Waals surface area (Å²) in [6.07, 6.45) is 9.91. The second kappa shape index (κ2) is 17.3. The summed E-state index contributed by atoms with van der Waals surface area (Å²) in [5.41, 5.74) is 22.4. The highest BCUT2D eigenvalue weighted by atomic mass is 15.2. The highest BCUT2D eigenvalue weighted by Crippen LogP contribution is 1.99. The highest BCUT2D eigenvalue weighted by molar-refractivity contribution is 5.93. The van der Waals surface area contributed by atoms with Gasteiger partial charge < -0.3 is 28.3 Å². The van der Waals surface area contributed by atoms with E-state index < -0.39 is 0 Å². The summed E-state index contributed by atoms with van der Waals surface area (Å²) in [6, 6.07) is 0. The van der Waals surface area contributed by atoms with E-state index in [9.17, 15) is 0 Å². The maximum Gasteiger partial charge on any atom is 0.218 e. The summed E-state index contributed by atoms with van der Waals surface area (Å²) in [5.74, 6) is 0.651. The van der Waals surface area contributed by atoms with E-state index in [0.717, 1.165) is 64.5 Å². The number of hydrogen-bond donors (Lipinski definition) is 6. The highest BCUT2D eigenvalue weighted by Gasteiger charge is 1.96. The third kappa shape index (κ3) is 16.3. The van der Waals surface area contributed by atoms with Crippen LogP contribution >= 0.6 is 0 Å². The Morgan fingerprint density at radius 3 is 2.08 bits per heavy atom. The molecule has 0 rings (SSSR count). The number of rotatable bonds is 13. The Morgan fingerprint density at radius 1 is 0.808 bits per heavy atom. The minimum absolute atomic E-state index is 0.160. The van der Waals surface area contributed by atoms with Crippen LogP contribution in [0, 0.1) is 11.5 Å². The first kappa shape index (κ1) is 23.5. The molecule has 0 aromatic carbocycles. The molecule has 0 saturated heterocycles. The quantitative estimate of drug-likeness (QED) is 0.0845. The summed E-state index contributed by atoms with van der Waals surface area (Å²) in [6.45, 7) is 2.73. The lowest BCUT2D eigenvalue weighted by molar-refractivity contribution is 0.636. The molecule has 10 N–H and O–H groups in total. The fraction of sp³-hybridized carbons (Fsp3) is 0.750. The van der Waals surface area contributed by atoms with Gasteiger partial charge in [0.25, 0.3) is 0 Å². The number of nitrogens with zero attached hydrogens (tertiary/aromatic N) is 4. The van der Waals surface area contributed by atoms with Crippen LogP contribution in [0.1, 0.15) is 51.4 Å². The van der Waals surface area contributed by atoms with Crippen LogP contribution in [0.4, 0.5) is 0 Å². The molecule has 10 nitrogen and oxygen atoms in total. The van der Waals surface area contributed by atoms with Gasteiger partial charge in [-0.05, 0) is 32.2 Å². The first-order chi connectivity index (χ1) is 12.6. The molecular weight excluding hydrogens is 332 g/mol. The standard InChI is InChI=1S/C16H34N10/c17-9-5-1-2-6-11-23-15(20)26-16(21)24-12-8-4-3-7-10-22-14(19)25-13-18/h1-12,17H2,(H3,19,22,25)(H5,20,21,23,24,26). The molecule has 0 unspecified atom stereocenters. The number of nitriles is 1. The van der Waals surface area contributed by atoms with Crippen molar-refractivity contribution in [3.05, 3.63) is 0 Å². The van der Waals surface area contributed by atoms with Crippen LogP contribution in [0.15, 0.2) is 15.0 Å². The third-order valence-corrected chi connectivity index (χ3v) is 3.48. The van der Waals surface area contributed by atoms with Crippen molar-refractivity contribution in [1.82, 2.24) is 10.6 Å². The van der Waals surface area contributed by atoms with Gasteiger partial charge in [-0.1, -0.05) is 25.7 Å². The van der Waals surface area contributed by atoms with Gasteiger partial charge in [-0.2, -0.15) is 10.3 Å². The zero-order chi connectivity index (χ0) is 19.5. The second-order valence-electron chi connectivity index (χ2n) is 5.78. The van der Waals surface area contributed by atoms with Gasteiger partial charge in [0, 0.05) is 19.6 Å². The summed E-state index contributed by atoms with van der Waals surface area (Å²) in [5, 5.41) is 13.6. The van der Waals surface area contributed by atoms with E-state index in [1.165, 1.54) is 0 Å². The number of hydrogen-bond acceptors (Lipinski definition) is 4. The Labute approximate surface area is 156 Å². The predicted octanol–water partition coefficient (Wildman–Crippen LogP) is -0.330. The van der Waals surface area contributed by atoms with Crippen molar-refractivity contribution in [3.63, 3.8) is 0 Å². The van der Waals surface area contributed by atoms with Crippen LogP contribution in [0.25, 0.3) is 0 Å². The van der Waals surface area contributed by atoms with Gasteiger partial charge in [-0.3, -0.25) is 15.3 Å². The number of aliphatic imine (C=N–C) groups is 3. The molecule has 0 atom stereocenters. The van der Waals surface area contributed by atoms with E-state index in [0.29, 0.717) is 13.1 Å². The van der Waals surface area contributed by atoms with Crippen molar-refractivity contribution < 1.29 is 0 Å². The maximum atomic E-state index is 8.35. The number of unbranched alkanes of at least 4 members (excludes halogenated alkanes) is 6. The Balaban J connectivity index is 3.68. The van der Waals surface area contributed by atoms with Crippen LogP contribution in [-0.2, 0) is 0 Å². The molecule has 0 saturated carbocycles. The lowest BCUT2D eigenvalue weighted by atomic mass is 10.2. The van der Waals surface area contributed by atoms with Crippen LogP contribution in [0.2, 0.25) is 0 Å². The molecule has 0 amide bonds. The molecule has 0 aromatic heterocycles. The lowest BCUT2D eigenvalue weighted by Gasteiger charge is -2.05. The second-order valence-corrected chi connectivity index (χ2v) is 5.78. The maximum absolute atomic E-state index is 8.35. The number of nitrogens with one attached hydrogen (secondary N) is 2. The zero-order valence-corrected chi connectivity index (χ0v) is 15.6. The Hall–Kier alpha value is -2.54. The molecule has 0 spiro atoms. The smallest absolute Gasteiger partial charge is 0.218 e. The molecular formula is C16H34N10. The van der Waals surface area contributed by atoms with Gasteiger partial charge in [0.2, 0.25) is 11.9 Å². The average molecular weight is 367 g/mol. The molecule has 0 heterocycles. The van der Waals surface area contributed by atoms with Gasteiger partial charge in [0.05, 0.1) is 0 Å². The van der Waals surface area contributed by atoms with Gasteiger partial charge in [0.15, 0.2) is 12.2 Å². The van der Waals surface area contributed by atoms with Crippen LogP contribution in [-0.4, -0.2) is 44.1 Å². The van der Waals surface area contributed by atoms with E-state index in [2.05, 4.69) is 25.6 Å². The predicted molar refractivity (Wildman–Crippen MR) is 107 cm³/mol. The van der Waals surface area contributed by atoms with Crippen molar-refractivity contribution in [2.45, 2.75) is 51.4 Å². The molecule has 0 aromatic rings. The number of guanidine groups is 3. The minimum atomic E-state index is 0.160. The average Bonchev–Trinajstić information content (AvgIpc) is 2.60. The fourth-order valence-electron chi connectivity index (χ4n) is 2.10. The normalized spacial score (nSPS) is 12.7. The van der Waals surface area contributed by atoms with E-state index in [1.807, 2.05) is 0 Å². The lowest BCUT2D eigenvalue weighted by Crippen LogP contribution is -2.34. The van der Waals surface area contributed by atoms with E-state index in [1.54, 1.807) is 6.19 Å². The van der Waals surface area contributed by atoms with Gasteiger partial charge in [-0.25, -0.2) is 0 Å². The van der Waals surface area contributed by atoms with Crippen LogP contribution in [0.5, 0.6) is 0 Å². The third-order valence-electron chi connectivity index (χ3n) is 3.48. The Bertz CT molecular complexity index is 478. The molecule has 0 aliphatic heterocycles. The summed E-state index contributed by atoms with van der Waals surface area (Å²) in [7, 11) is 0. The topological polar surface area (TPSA) is 189 Å². The van der Waals surface area contributed by atoms with Crippen molar-refractivity contribution in [2.24, 2.45) is 37.9 Å². The van der Waals surface area contributed by atoms with Crippen molar-refractivity contribution in [3.8, 4) is 6.19 Å². The molecule has 0 radical (unpaired) electrons. The zero-order valence-electron chi connectivity index (χ0n) is 15.6. The van der Waals surface area contributed by atoms with E-state index >= 15 is 0 Å². The summed E-state index contributed by atoms with van der Waals surface area (Å²) >= 11 is 0. The monoisotopic (exact) mass is 366 g/mol. The molecule has 0 fully saturated rings. The fourth-order valence-corrected chi connectivity index (χ4v) is 2.10.